The van der Waals surface area contributed by atoms with Gasteiger partial charge in [-0.15, -0.1) is 0 Å². The Morgan fingerprint density at radius 3 is 2.85 bits per heavy atom. The molecule has 0 aliphatic carbocycles. The SMILES string of the molecule is CC(C)(O)c1noc(N2C=NC3c4ccccc4-n4c(cnc4Cl)N32)n1. The number of rotatable bonds is 2. The van der Waals surface area contributed by atoms with Crippen LogP contribution >= 0.6 is 11.6 Å². The minimum absolute atomic E-state index is 0.188. The molecule has 1 atom stereocenters. The highest BCUT2D eigenvalue weighted by Gasteiger charge is 2.41. The lowest BCUT2D eigenvalue weighted by Gasteiger charge is -2.35. The predicted octanol–water partition coefficient (Wildman–Crippen LogP) is 2.42. The molecule has 0 saturated heterocycles. The molecule has 4 heterocycles. The minimum atomic E-state index is -1.21. The lowest BCUT2D eigenvalue weighted by molar-refractivity contribution is 0.0661. The molecular formula is C16H14ClN7O2. The van der Waals surface area contributed by atoms with Gasteiger partial charge in [0.05, 0.1) is 11.9 Å². The van der Waals surface area contributed by atoms with E-state index in [0.29, 0.717) is 5.28 Å². The van der Waals surface area contributed by atoms with Gasteiger partial charge in [0.15, 0.2) is 12.0 Å². The van der Waals surface area contributed by atoms with E-state index < -0.39 is 5.60 Å². The fourth-order valence-electron chi connectivity index (χ4n) is 3.12. The predicted molar refractivity (Wildman–Crippen MR) is 94.3 cm³/mol. The molecule has 0 bridgehead atoms. The van der Waals surface area contributed by atoms with Gasteiger partial charge in [0, 0.05) is 5.56 Å². The van der Waals surface area contributed by atoms with Crippen LogP contribution in [-0.4, -0.2) is 31.1 Å². The molecular weight excluding hydrogens is 358 g/mol. The molecule has 0 spiro atoms. The summed E-state index contributed by atoms with van der Waals surface area (Å²) >= 11 is 6.31. The fourth-order valence-corrected chi connectivity index (χ4v) is 3.35. The minimum Gasteiger partial charge on any atom is -0.382 e. The molecule has 5 rings (SSSR count). The Kier molecular flexibility index (Phi) is 2.98. The van der Waals surface area contributed by atoms with E-state index in [1.165, 1.54) is 0 Å². The van der Waals surface area contributed by atoms with E-state index in [4.69, 9.17) is 16.1 Å². The van der Waals surface area contributed by atoms with Gasteiger partial charge in [-0.2, -0.15) is 9.99 Å². The third-order valence-corrected chi connectivity index (χ3v) is 4.60. The first-order valence-electron chi connectivity index (χ1n) is 7.96. The van der Waals surface area contributed by atoms with Gasteiger partial charge in [-0.3, -0.25) is 4.57 Å². The second kappa shape index (κ2) is 5.05. The van der Waals surface area contributed by atoms with Gasteiger partial charge in [0.2, 0.25) is 11.1 Å². The van der Waals surface area contributed by atoms with Crippen molar-refractivity contribution in [3.8, 4) is 5.69 Å². The van der Waals surface area contributed by atoms with Crippen molar-refractivity contribution in [3.63, 3.8) is 0 Å². The van der Waals surface area contributed by atoms with Crippen LogP contribution in [0, 0.1) is 0 Å². The zero-order chi connectivity index (χ0) is 18.1. The first kappa shape index (κ1) is 15.4. The van der Waals surface area contributed by atoms with Gasteiger partial charge in [-0.25, -0.2) is 15.0 Å². The highest BCUT2D eigenvalue weighted by molar-refractivity contribution is 6.29. The van der Waals surface area contributed by atoms with Crippen molar-refractivity contribution in [2.75, 3.05) is 10.0 Å². The Hall–Kier alpha value is -2.91. The number of fused-ring (bicyclic) bond motifs is 6. The summed E-state index contributed by atoms with van der Waals surface area (Å²) in [5.74, 6) is 0.910. The van der Waals surface area contributed by atoms with E-state index in [1.807, 2.05) is 33.8 Å². The molecule has 3 aromatic rings. The number of para-hydroxylation sites is 1. The van der Waals surface area contributed by atoms with Crippen molar-refractivity contribution in [3.05, 3.63) is 47.1 Å². The molecule has 0 amide bonds. The van der Waals surface area contributed by atoms with E-state index in [-0.39, 0.29) is 18.0 Å². The molecule has 9 nitrogen and oxygen atoms in total. The van der Waals surface area contributed by atoms with Gasteiger partial charge in [0.1, 0.15) is 11.9 Å². The molecule has 0 fully saturated rings. The Labute approximate surface area is 153 Å². The second-order valence-corrected chi connectivity index (χ2v) is 6.90. The number of aliphatic imine (C=N–C) groups is 1. The van der Waals surface area contributed by atoms with Gasteiger partial charge in [-0.05, 0) is 31.5 Å². The maximum Gasteiger partial charge on any atom is 0.348 e. The largest absolute Gasteiger partial charge is 0.382 e. The van der Waals surface area contributed by atoms with Gasteiger partial charge >= 0.3 is 6.01 Å². The van der Waals surface area contributed by atoms with Crippen LogP contribution in [-0.2, 0) is 5.60 Å². The number of hydrogen-bond donors (Lipinski definition) is 1. The lowest BCUT2D eigenvalue weighted by Crippen LogP contribution is -2.42. The van der Waals surface area contributed by atoms with Crippen LogP contribution in [0.4, 0.5) is 11.8 Å². The normalized spacial score (nSPS) is 18.1. The van der Waals surface area contributed by atoms with Crippen LogP contribution in [0.3, 0.4) is 0 Å². The van der Waals surface area contributed by atoms with Gasteiger partial charge in [-0.1, -0.05) is 23.4 Å². The molecule has 0 radical (unpaired) electrons. The maximum atomic E-state index is 10.1. The summed E-state index contributed by atoms with van der Waals surface area (Å²) in [7, 11) is 0. The quantitative estimate of drug-likeness (QED) is 0.738. The molecule has 1 N–H and O–H groups in total. The summed E-state index contributed by atoms with van der Waals surface area (Å²) in [4.78, 5) is 13.1. The zero-order valence-electron chi connectivity index (χ0n) is 13.9. The van der Waals surface area contributed by atoms with E-state index in [0.717, 1.165) is 17.1 Å². The number of imidazole rings is 1. The monoisotopic (exact) mass is 371 g/mol. The summed E-state index contributed by atoms with van der Waals surface area (Å²) < 4.78 is 7.18. The topological polar surface area (TPSA) is 95.8 Å². The second-order valence-electron chi connectivity index (χ2n) is 6.57. The van der Waals surface area contributed by atoms with Crippen LogP contribution in [0.5, 0.6) is 0 Å². The lowest BCUT2D eigenvalue weighted by atomic mass is 10.1. The van der Waals surface area contributed by atoms with Gasteiger partial charge < -0.3 is 9.63 Å². The summed E-state index contributed by atoms with van der Waals surface area (Å²) in [6, 6.07) is 8.05. The van der Waals surface area contributed by atoms with E-state index in [2.05, 4.69) is 20.1 Å². The summed E-state index contributed by atoms with van der Waals surface area (Å²) in [6.07, 6.45) is 2.98. The Balaban J connectivity index is 1.64. The molecule has 0 saturated carbocycles. The first-order chi connectivity index (χ1) is 12.4. The molecule has 1 aromatic carbocycles. The Morgan fingerprint density at radius 1 is 1.27 bits per heavy atom. The summed E-state index contributed by atoms with van der Waals surface area (Å²) in [6.45, 7) is 3.18. The molecule has 2 aliphatic heterocycles. The van der Waals surface area contributed by atoms with Crippen molar-refractivity contribution in [2.24, 2.45) is 4.99 Å². The van der Waals surface area contributed by atoms with Crippen LogP contribution in [0.15, 0.2) is 40.0 Å². The highest BCUT2D eigenvalue weighted by Crippen LogP contribution is 2.44. The van der Waals surface area contributed by atoms with E-state index in [1.54, 1.807) is 31.4 Å². The van der Waals surface area contributed by atoms with Crippen molar-refractivity contribution in [1.29, 1.82) is 0 Å². The van der Waals surface area contributed by atoms with Crippen LogP contribution in [0.1, 0.15) is 31.4 Å². The molecule has 1 unspecified atom stereocenters. The van der Waals surface area contributed by atoms with Crippen molar-refractivity contribution >= 4 is 29.8 Å². The fraction of sp³-hybridized carbons (Fsp3) is 0.250. The third-order valence-electron chi connectivity index (χ3n) is 4.33. The molecule has 132 valence electrons. The number of anilines is 2. The third kappa shape index (κ3) is 2.01. The van der Waals surface area contributed by atoms with Crippen LogP contribution in [0.25, 0.3) is 5.69 Å². The van der Waals surface area contributed by atoms with Crippen molar-refractivity contribution in [2.45, 2.75) is 25.6 Å². The molecule has 26 heavy (non-hydrogen) atoms. The molecule has 2 aliphatic rings. The first-order valence-corrected chi connectivity index (χ1v) is 8.34. The number of nitrogens with zero attached hydrogens (tertiary/aromatic N) is 7. The number of aliphatic hydroxyl groups is 1. The van der Waals surface area contributed by atoms with E-state index >= 15 is 0 Å². The van der Waals surface area contributed by atoms with Crippen molar-refractivity contribution < 1.29 is 9.63 Å². The van der Waals surface area contributed by atoms with Crippen LogP contribution < -0.4 is 10.0 Å². The molecule has 10 heteroatoms. The van der Waals surface area contributed by atoms with Gasteiger partial charge in [0.25, 0.3) is 0 Å². The Bertz CT molecular complexity index is 1040. The standard InChI is InChI=1S/C16H14ClN7O2/c1-16(2,25)13-20-15(26-21-13)22-8-19-12-9-5-3-4-6-10(9)23-11(24(12)22)7-18-14(23)17/h3-8,12,25H,1-2H3. The summed E-state index contributed by atoms with van der Waals surface area (Å²) in [5, 5.41) is 17.8. The smallest absolute Gasteiger partial charge is 0.348 e. The number of hydrogen-bond acceptors (Lipinski definition) is 8. The average Bonchev–Trinajstić information content (AvgIpc) is 3.31. The summed E-state index contributed by atoms with van der Waals surface area (Å²) in [5.41, 5.74) is 0.686. The number of halogens is 1. The molecule has 2 aromatic heterocycles. The Morgan fingerprint density at radius 2 is 2.08 bits per heavy atom. The highest BCUT2D eigenvalue weighted by atomic mass is 35.5. The average molecular weight is 372 g/mol. The maximum absolute atomic E-state index is 10.1. The van der Waals surface area contributed by atoms with E-state index in [9.17, 15) is 5.11 Å². The number of hydrazine groups is 1. The van der Waals surface area contributed by atoms with Crippen molar-refractivity contribution in [1.82, 2.24) is 19.7 Å². The number of aromatic nitrogens is 4. The zero-order valence-corrected chi connectivity index (χ0v) is 14.7. The number of benzene rings is 1. The van der Waals surface area contributed by atoms with Crippen LogP contribution in [0.2, 0.25) is 5.28 Å².